The molecule has 0 aliphatic heterocycles. The average Bonchev–Trinajstić information content (AvgIpc) is 2.29. The Morgan fingerprint density at radius 2 is 1.50 bits per heavy atom. The summed E-state index contributed by atoms with van der Waals surface area (Å²) in [6.45, 7) is 13.6. The van der Waals surface area contributed by atoms with Crippen molar-refractivity contribution in [2.75, 3.05) is 0 Å². The van der Waals surface area contributed by atoms with Crippen LogP contribution in [0.5, 0.6) is 0 Å². The van der Waals surface area contributed by atoms with Crippen molar-refractivity contribution in [1.82, 2.24) is 0 Å². The van der Waals surface area contributed by atoms with Crippen molar-refractivity contribution < 1.29 is 8.85 Å². The van der Waals surface area contributed by atoms with E-state index in [1.807, 2.05) is 0 Å². The highest BCUT2D eigenvalue weighted by Crippen LogP contribution is 2.37. The molecule has 2 rings (SSSR count). The Balaban J connectivity index is 2.30. The van der Waals surface area contributed by atoms with E-state index in [0.29, 0.717) is 0 Å². The first-order valence-corrected chi connectivity index (χ1v) is 14.4. The largest absolute Gasteiger partial charge is 0.412 e. The second-order valence-electron chi connectivity index (χ2n) is 7.66. The minimum absolute atomic E-state index is 0.123. The number of benzene rings is 1. The van der Waals surface area contributed by atoms with Crippen LogP contribution in [0.4, 0.5) is 0 Å². The van der Waals surface area contributed by atoms with Gasteiger partial charge in [-0.05, 0) is 63.3 Å². The summed E-state index contributed by atoms with van der Waals surface area (Å²) in [5.74, 6) is 0. The highest BCUT2D eigenvalue weighted by molar-refractivity contribution is 6.70. The third kappa shape index (κ3) is 4.28. The van der Waals surface area contributed by atoms with Crippen LogP contribution in [0.2, 0.25) is 39.3 Å². The van der Waals surface area contributed by atoms with Crippen LogP contribution in [0.15, 0.2) is 24.3 Å². The zero-order valence-corrected chi connectivity index (χ0v) is 15.7. The molecule has 0 radical (unpaired) electrons. The molecule has 0 fully saturated rings. The summed E-state index contributed by atoms with van der Waals surface area (Å²) in [5, 5.41) is 0. The highest BCUT2D eigenvalue weighted by atomic mass is 28.4. The first-order chi connectivity index (χ1) is 9.16. The first kappa shape index (κ1) is 16.0. The van der Waals surface area contributed by atoms with Gasteiger partial charge in [-0.3, -0.25) is 0 Å². The van der Waals surface area contributed by atoms with Crippen LogP contribution in [0, 0.1) is 0 Å². The van der Waals surface area contributed by atoms with Crippen LogP contribution in [0.25, 0.3) is 0 Å². The van der Waals surface area contributed by atoms with Crippen LogP contribution in [-0.2, 0) is 15.3 Å². The molecular formula is C16H28O2Si2. The average molecular weight is 309 g/mol. The lowest BCUT2D eigenvalue weighted by molar-refractivity contribution is 0.0303. The summed E-state index contributed by atoms with van der Waals surface area (Å²) >= 11 is 0. The molecule has 0 saturated carbocycles. The van der Waals surface area contributed by atoms with Crippen molar-refractivity contribution in [2.24, 2.45) is 0 Å². The zero-order valence-electron chi connectivity index (χ0n) is 13.7. The van der Waals surface area contributed by atoms with E-state index in [9.17, 15) is 0 Å². The predicted molar refractivity (Wildman–Crippen MR) is 90.2 cm³/mol. The molecule has 2 atom stereocenters. The smallest absolute Gasteiger partial charge is 0.184 e. The second kappa shape index (κ2) is 5.75. The molecule has 0 amide bonds. The minimum atomic E-state index is -1.59. The van der Waals surface area contributed by atoms with E-state index in [4.69, 9.17) is 8.85 Å². The molecule has 0 heterocycles. The van der Waals surface area contributed by atoms with Gasteiger partial charge in [0, 0.05) is 0 Å². The third-order valence-corrected chi connectivity index (χ3v) is 5.35. The van der Waals surface area contributed by atoms with Gasteiger partial charge in [-0.15, -0.1) is 0 Å². The van der Waals surface area contributed by atoms with Gasteiger partial charge in [0.15, 0.2) is 16.6 Å². The van der Waals surface area contributed by atoms with E-state index in [1.165, 1.54) is 11.1 Å². The maximum atomic E-state index is 6.50. The van der Waals surface area contributed by atoms with Crippen molar-refractivity contribution >= 4 is 16.6 Å². The Bertz CT molecular complexity index is 460. The minimum Gasteiger partial charge on any atom is -0.412 e. The predicted octanol–water partition coefficient (Wildman–Crippen LogP) is 4.75. The van der Waals surface area contributed by atoms with Gasteiger partial charge in [-0.25, -0.2) is 0 Å². The molecule has 0 bridgehead atoms. The summed E-state index contributed by atoms with van der Waals surface area (Å²) in [5.41, 5.74) is 2.79. The van der Waals surface area contributed by atoms with E-state index in [2.05, 4.69) is 63.5 Å². The second-order valence-corrected chi connectivity index (χ2v) is 16.6. The lowest BCUT2D eigenvalue weighted by atomic mass is 9.88. The molecule has 0 spiro atoms. The quantitative estimate of drug-likeness (QED) is 0.748. The lowest BCUT2D eigenvalue weighted by Gasteiger charge is -2.40. The van der Waals surface area contributed by atoms with E-state index >= 15 is 0 Å². The fourth-order valence-corrected chi connectivity index (χ4v) is 4.97. The molecule has 1 aliphatic carbocycles. The Labute approximate surface area is 125 Å². The van der Waals surface area contributed by atoms with Gasteiger partial charge in [-0.1, -0.05) is 24.3 Å². The van der Waals surface area contributed by atoms with Gasteiger partial charge in [0.05, 0.1) is 12.2 Å². The van der Waals surface area contributed by atoms with Gasteiger partial charge in [-0.2, -0.15) is 0 Å². The Kier molecular flexibility index (Phi) is 4.59. The molecule has 2 nitrogen and oxygen atoms in total. The number of hydrogen-bond donors (Lipinski definition) is 0. The van der Waals surface area contributed by atoms with Crippen molar-refractivity contribution in [1.29, 1.82) is 0 Å². The van der Waals surface area contributed by atoms with Gasteiger partial charge < -0.3 is 8.85 Å². The number of aryl methyl sites for hydroxylation is 1. The van der Waals surface area contributed by atoms with Gasteiger partial charge in [0.1, 0.15) is 0 Å². The van der Waals surface area contributed by atoms with Gasteiger partial charge in [0.25, 0.3) is 0 Å². The van der Waals surface area contributed by atoms with Crippen molar-refractivity contribution in [2.45, 2.75) is 64.3 Å². The Hall–Kier alpha value is -0.426. The summed E-state index contributed by atoms with van der Waals surface area (Å²) in [4.78, 5) is 0. The Morgan fingerprint density at radius 3 is 2.10 bits per heavy atom. The van der Waals surface area contributed by atoms with E-state index in [-0.39, 0.29) is 12.2 Å². The van der Waals surface area contributed by atoms with E-state index in [0.717, 1.165) is 12.8 Å². The fraction of sp³-hybridized carbons (Fsp3) is 0.625. The Morgan fingerprint density at radius 1 is 0.900 bits per heavy atom. The van der Waals surface area contributed by atoms with Crippen LogP contribution in [0.1, 0.15) is 23.7 Å². The monoisotopic (exact) mass is 308 g/mol. The molecule has 112 valence electrons. The van der Waals surface area contributed by atoms with Gasteiger partial charge >= 0.3 is 0 Å². The van der Waals surface area contributed by atoms with Crippen molar-refractivity contribution in [3.05, 3.63) is 35.4 Å². The third-order valence-electron chi connectivity index (χ3n) is 3.38. The van der Waals surface area contributed by atoms with Gasteiger partial charge in [0.2, 0.25) is 0 Å². The molecule has 20 heavy (non-hydrogen) atoms. The molecule has 0 N–H and O–H groups in total. The normalized spacial score (nSPS) is 23.5. The summed E-state index contributed by atoms with van der Waals surface area (Å²) in [7, 11) is -3.14. The number of rotatable bonds is 4. The summed E-state index contributed by atoms with van der Waals surface area (Å²) < 4.78 is 12.9. The van der Waals surface area contributed by atoms with Crippen molar-refractivity contribution in [3.63, 3.8) is 0 Å². The SMILES string of the molecule is C[Si](C)(C)O[C@H]1CCc2ccccc2[C@@H]1O[Si](C)(C)C. The number of hydrogen-bond acceptors (Lipinski definition) is 2. The molecule has 1 aliphatic rings. The molecular weight excluding hydrogens is 280 g/mol. The molecule has 0 unspecified atom stereocenters. The first-order valence-electron chi connectivity index (χ1n) is 7.59. The van der Waals surface area contributed by atoms with Crippen LogP contribution < -0.4 is 0 Å². The highest BCUT2D eigenvalue weighted by Gasteiger charge is 2.36. The summed E-state index contributed by atoms with van der Waals surface area (Å²) in [6, 6.07) is 8.71. The van der Waals surface area contributed by atoms with E-state index in [1.54, 1.807) is 0 Å². The van der Waals surface area contributed by atoms with Crippen LogP contribution in [-0.4, -0.2) is 22.7 Å². The topological polar surface area (TPSA) is 18.5 Å². The lowest BCUT2D eigenvalue weighted by Crippen LogP contribution is -2.42. The van der Waals surface area contributed by atoms with Crippen LogP contribution >= 0.6 is 0 Å². The fourth-order valence-electron chi connectivity index (χ4n) is 2.78. The summed E-state index contributed by atoms with van der Waals surface area (Å²) in [6.07, 6.45) is 2.54. The molecule has 4 heteroatoms. The molecule has 0 saturated heterocycles. The van der Waals surface area contributed by atoms with E-state index < -0.39 is 16.6 Å². The van der Waals surface area contributed by atoms with Crippen LogP contribution in [0.3, 0.4) is 0 Å². The maximum absolute atomic E-state index is 6.50. The standard InChI is InChI=1S/C16H28O2Si2/c1-19(2,3)17-15-12-11-13-9-7-8-10-14(13)16(15)18-20(4,5)6/h7-10,15-16H,11-12H2,1-6H3/t15-,16-/m0/s1. The molecule has 1 aromatic rings. The molecule has 1 aromatic carbocycles. The zero-order chi connectivity index (χ0) is 15.0. The van der Waals surface area contributed by atoms with Crippen molar-refractivity contribution in [3.8, 4) is 0 Å². The number of fused-ring (bicyclic) bond motifs is 1. The molecule has 0 aromatic heterocycles. The maximum Gasteiger partial charge on any atom is 0.184 e.